The van der Waals surface area contributed by atoms with E-state index in [-0.39, 0.29) is 18.4 Å². The summed E-state index contributed by atoms with van der Waals surface area (Å²) in [5.41, 5.74) is 2.69. The molecule has 1 saturated heterocycles. The summed E-state index contributed by atoms with van der Waals surface area (Å²) in [6.07, 6.45) is 4.10. The lowest BCUT2D eigenvalue weighted by atomic mass is 9.73. The van der Waals surface area contributed by atoms with Crippen molar-refractivity contribution >= 4 is 17.8 Å². The van der Waals surface area contributed by atoms with Crippen molar-refractivity contribution in [2.24, 2.45) is 0 Å². The molecule has 0 radical (unpaired) electrons. The summed E-state index contributed by atoms with van der Waals surface area (Å²) in [7, 11) is 0. The van der Waals surface area contributed by atoms with Crippen LogP contribution in [-0.4, -0.2) is 40.9 Å². The van der Waals surface area contributed by atoms with Crippen LogP contribution < -0.4 is 10.6 Å². The quantitative estimate of drug-likeness (QED) is 0.802. The molecule has 2 aliphatic carbocycles. The minimum Gasteiger partial charge on any atom is -0.337 e. The Morgan fingerprint density at radius 2 is 1.88 bits per heavy atom. The van der Waals surface area contributed by atoms with E-state index in [1.807, 2.05) is 4.90 Å². The molecule has 2 saturated carbocycles. The molecule has 3 fully saturated rings. The predicted octanol–water partition coefficient (Wildman–Crippen LogP) is 1.83. The average Bonchev–Trinajstić information content (AvgIpc) is 3.30. The predicted molar refractivity (Wildman–Crippen MR) is 91.9 cm³/mol. The lowest BCUT2D eigenvalue weighted by Crippen LogP contribution is -2.50. The number of hydrogen-bond donors (Lipinski definition) is 2. The van der Waals surface area contributed by atoms with Crippen LogP contribution in [0.4, 0.5) is 4.79 Å². The molecule has 4 rings (SSSR count). The lowest BCUT2D eigenvalue weighted by molar-refractivity contribution is -0.138. The number of amides is 4. The van der Waals surface area contributed by atoms with Crippen LogP contribution in [0.1, 0.15) is 49.1 Å². The molecular weight excluding hydrogens is 318 g/mol. The number of aryl methyl sites for hydroxylation is 1. The van der Waals surface area contributed by atoms with Crippen LogP contribution in [0.15, 0.2) is 24.3 Å². The third kappa shape index (κ3) is 3.13. The molecular formula is C19H23N3O3. The summed E-state index contributed by atoms with van der Waals surface area (Å²) < 4.78 is 0. The lowest BCUT2D eigenvalue weighted by Gasteiger charge is -2.44. The maximum atomic E-state index is 12.8. The molecule has 6 nitrogen and oxygen atoms in total. The van der Waals surface area contributed by atoms with Crippen molar-refractivity contribution in [2.45, 2.75) is 63.1 Å². The summed E-state index contributed by atoms with van der Waals surface area (Å²) >= 11 is 0. The first-order chi connectivity index (χ1) is 12.0. The summed E-state index contributed by atoms with van der Waals surface area (Å²) in [6, 6.07) is 7.76. The second-order valence-corrected chi connectivity index (χ2v) is 7.43. The maximum Gasteiger partial charge on any atom is 0.322 e. The molecule has 3 aliphatic rings. The van der Waals surface area contributed by atoms with Gasteiger partial charge in [0.25, 0.3) is 5.91 Å². The summed E-state index contributed by atoms with van der Waals surface area (Å²) in [5.74, 6) is 0.0910. The van der Waals surface area contributed by atoms with Gasteiger partial charge in [-0.05, 0) is 49.7 Å². The van der Waals surface area contributed by atoms with E-state index in [0.29, 0.717) is 12.0 Å². The van der Waals surface area contributed by atoms with Crippen LogP contribution in [0.5, 0.6) is 0 Å². The van der Waals surface area contributed by atoms with Crippen LogP contribution in [-0.2, 0) is 9.59 Å². The van der Waals surface area contributed by atoms with Crippen LogP contribution in [0.2, 0.25) is 0 Å². The first-order valence-corrected chi connectivity index (χ1v) is 9.01. The monoisotopic (exact) mass is 341 g/mol. The highest BCUT2D eigenvalue weighted by atomic mass is 16.2. The number of benzene rings is 1. The number of urea groups is 1. The van der Waals surface area contributed by atoms with E-state index in [9.17, 15) is 14.4 Å². The second-order valence-electron chi connectivity index (χ2n) is 7.43. The van der Waals surface area contributed by atoms with Crippen molar-refractivity contribution in [1.82, 2.24) is 15.5 Å². The van der Waals surface area contributed by atoms with Crippen LogP contribution in [0.3, 0.4) is 0 Å². The van der Waals surface area contributed by atoms with E-state index in [0.717, 1.165) is 25.7 Å². The first kappa shape index (κ1) is 16.1. The van der Waals surface area contributed by atoms with Crippen molar-refractivity contribution in [3.63, 3.8) is 0 Å². The van der Waals surface area contributed by atoms with Crippen molar-refractivity contribution in [3.8, 4) is 0 Å². The minimum atomic E-state index is -0.728. The fraction of sp³-hybridized carbons (Fsp3) is 0.526. The smallest absolute Gasteiger partial charge is 0.322 e. The van der Waals surface area contributed by atoms with Crippen LogP contribution in [0, 0.1) is 6.92 Å². The Labute approximate surface area is 147 Å². The molecule has 2 N–H and O–H groups in total. The van der Waals surface area contributed by atoms with E-state index in [1.54, 1.807) is 0 Å². The molecule has 0 aromatic heterocycles. The van der Waals surface area contributed by atoms with E-state index >= 15 is 0 Å². The van der Waals surface area contributed by atoms with Crippen molar-refractivity contribution in [2.75, 3.05) is 0 Å². The van der Waals surface area contributed by atoms with Gasteiger partial charge in [0.2, 0.25) is 5.91 Å². The van der Waals surface area contributed by atoms with E-state index in [1.165, 1.54) is 11.1 Å². The zero-order valence-electron chi connectivity index (χ0n) is 14.3. The molecule has 132 valence electrons. The van der Waals surface area contributed by atoms with Gasteiger partial charge in [0, 0.05) is 12.1 Å². The molecule has 6 heteroatoms. The number of hydrogen-bond acceptors (Lipinski definition) is 3. The van der Waals surface area contributed by atoms with E-state index < -0.39 is 18.0 Å². The van der Waals surface area contributed by atoms with Crippen molar-refractivity contribution in [3.05, 3.63) is 35.4 Å². The first-order valence-electron chi connectivity index (χ1n) is 9.01. The number of rotatable bonds is 5. The Balaban J connectivity index is 1.40. The molecule has 1 atom stereocenters. The van der Waals surface area contributed by atoms with Gasteiger partial charge in [0.15, 0.2) is 0 Å². The Morgan fingerprint density at radius 1 is 1.16 bits per heavy atom. The molecule has 1 aliphatic heterocycles. The SMILES string of the molecule is Cc1ccccc1C1CC(N(C(=O)C[C@@H]2NC(=O)NC2=O)C2CC2)C1. The van der Waals surface area contributed by atoms with Gasteiger partial charge in [0.05, 0.1) is 6.42 Å². The zero-order valence-corrected chi connectivity index (χ0v) is 14.3. The van der Waals surface area contributed by atoms with E-state index in [4.69, 9.17) is 0 Å². The standard InChI is InChI=1S/C19H23N3O3/c1-11-4-2-3-5-15(11)12-8-14(9-12)22(13-6-7-13)17(23)10-16-18(24)21-19(25)20-16/h2-5,12-14,16H,6-10H2,1H3,(H2,20,21,24,25)/t12?,14?,16-/m0/s1. The number of carbonyl (C=O) groups is 3. The molecule has 1 aromatic carbocycles. The molecule has 0 unspecified atom stereocenters. The highest BCUT2D eigenvalue weighted by Gasteiger charge is 2.45. The maximum absolute atomic E-state index is 12.8. The Hall–Kier alpha value is -2.37. The average molecular weight is 341 g/mol. The van der Waals surface area contributed by atoms with Gasteiger partial charge in [-0.3, -0.25) is 14.9 Å². The summed E-state index contributed by atoms with van der Waals surface area (Å²) in [6.45, 7) is 2.13. The fourth-order valence-corrected chi connectivity index (χ4v) is 4.05. The molecule has 4 amide bonds. The third-order valence-corrected chi connectivity index (χ3v) is 5.60. The van der Waals surface area contributed by atoms with Gasteiger partial charge in [-0.1, -0.05) is 24.3 Å². The molecule has 1 heterocycles. The topological polar surface area (TPSA) is 78.5 Å². The normalized spacial score (nSPS) is 28.1. The Kier molecular flexibility index (Phi) is 3.98. The van der Waals surface area contributed by atoms with E-state index in [2.05, 4.69) is 41.8 Å². The number of imide groups is 1. The number of nitrogens with zero attached hydrogens (tertiary/aromatic N) is 1. The Morgan fingerprint density at radius 3 is 2.48 bits per heavy atom. The number of nitrogens with one attached hydrogen (secondary N) is 2. The van der Waals surface area contributed by atoms with Gasteiger partial charge in [-0.25, -0.2) is 4.79 Å². The minimum absolute atomic E-state index is 0.0157. The van der Waals surface area contributed by atoms with Gasteiger partial charge in [-0.2, -0.15) is 0 Å². The number of carbonyl (C=O) groups excluding carboxylic acids is 3. The highest BCUT2D eigenvalue weighted by molar-refractivity contribution is 6.05. The van der Waals surface area contributed by atoms with Gasteiger partial charge >= 0.3 is 6.03 Å². The molecule has 0 bridgehead atoms. The van der Waals surface area contributed by atoms with Crippen LogP contribution >= 0.6 is 0 Å². The molecule has 1 aromatic rings. The van der Waals surface area contributed by atoms with Gasteiger partial charge in [-0.15, -0.1) is 0 Å². The largest absolute Gasteiger partial charge is 0.337 e. The van der Waals surface area contributed by atoms with Gasteiger partial charge in [0.1, 0.15) is 6.04 Å². The second kappa shape index (κ2) is 6.17. The third-order valence-electron chi connectivity index (χ3n) is 5.60. The van der Waals surface area contributed by atoms with Gasteiger partial charge < -0.3 is 10.2 Å². The highest BCUT2D eigenvalue weighted by Crippen LogP contribution is 2.44. The molecule has 25 heavy (non-hydrogen) atoms. The Bertz CT molecular complexity index is 722. The van der Waals surface area contributed by atoms with Crippen LogP contribution in [0.25, 0.3) is 0 Å². The van der Waals surface area contributed by atoms with Crippen molar-refractivity contribution in [1.29, 1.82) is 0 Å². The van der Waals surface area contributed by atoms with Crippen molar-refractivity contribution < 1.29 is 14.4 Å². The summed E-state index contributed by atoms with van der Waals surface area (Å²) in [5, 5.41) is 4.71. The molecule has 0 spiro atoms. The summed E-state index contributed by atoms with van der Waals surface area (Å²) in [4.78, 5) is 37.7. The fourth-order valence-electron chi connectivity index (χ4n) is 4.05. The zero-order chi connectivity index (χ0) is 17.6.